The molecule has 0 saturated heterocycles. The number of hydrogen-bond acceptors (Lipinski definition) is 5. The van der Waals surface area contributed by atoms with Crippen molar-refractivity contribution in [1.82, 2.24) is 4.98 Å². The van der Waals surface area contributed by atoms with E-state index in [1.807, 2.05) is 29.6 Å². The number of halogens is 1. The maximum absolute atomic E-state index is 13.5. The first-order valence-electron chi connectivity index (χ1n) is 6.90. The third kappa shape index (κ3) is 3.73. The van der Waals surface area contributed by atoms with Gasteiger partial charge in [0.2, 0.25) is 5.13 Å². The van der Waals surface area contributed by atoms with Gasteiger partial charge in [-0.05, 0) is 30.3 Å². The van der Waals surface area contributed by atoms with Crippen molar-refractivity contribution < 1.29 is 9.13 Å². The molecule has 3 rings (SSSR count). The number of benzene rings is 2. The van der Waals surface area contributed by atoms with Gasteiger partial charge in [-0.15, -0.1) is 11.3 Å². The van der Waals surface area contributed by atoms with Gasteiger partial charge < -0.3 is 4.74 Å². The molecule has 0 radical (unpaired) electrons. The summed E-state index contributed by atoms with van der Waals surface area (Å²) in [7, 11) is 1.63. The van der Waals surface area contributed by atoms with E-state index < -0.39 is 0 Å². The second-order valence-corrected chi connectivity index (χ2v) is 5.52. The van der Waals surface area contributed by atoms with E-state index in [0.29, 0.717) is 10.7 Å². The minimum atomic E-state index is -0.309. The molecule has 0 unspecified atom stereocenters. The number of anilines is 1. The monoisotopic (exact) mass is 327 g/mol. The molecule has 0 fully saturated rings. The molecule has 23 heavy (non-hydrogen) atoms. The highest BCUT2D eigenvalue weighted by atomic mass is 32.1. The highest BCUT2D eigenvalue weighted by molar-refractivity contribution is 7.14. The van der Waals surface area contributed by atoms with Crippen LogP contribution in [0.1, 0.15) is 5.56 Å². The molecule has 0 aliphatic heterocycles. The Bertz CT molecular complexity index is 815. The second kappa shape index (κ2) is 7.02. The zero-order chi connectivity index (χ0) is 16.1. The van der Waals surface area contributed by atoms with Crippen molar-refractivity contribution in [2.45, 2.75) is 0 Å². The lowest BCUT2D eigenvalue weighted by Gasteiger charge is -2.00. The number of thiazole rings is 1. The second-order valence-electron chi connectivity index (χ2n) is 4.66. The van der Waals surface area contributed by atoms with Gasteiger partial charge in [-0.1, -0.05) is 18.2 Å². The highest BCUT2D eigenvalue weighted by Crippen LogP contribution is 2.26. The van der Waals surface area contributed by atoms with Gasteiger partial charge in [0.1, 0.15) is 11.6 Å². The van der Waals surface area contributed by atoms with Gasteiger partial charge in [-0.2, -0.15) is 5.10 Å². The van der Waals surface area contributed by atoms with Gasteiger partial charge in [0.25, 0.3) is 0 Å². The number of hydrogen-bond donors (Lipinski definition) is 1. The maximum Gasteiger partial charge on any atom is 0.203 e. The van der Waals surface area contributed by atoms with Crippen LogP contribution in [0.15, 0.2) is 59.0 Å². The Morgan fingerprint density at radius 2 is 1.96 bits per heavy atom. The fourth-order valence-electron chi connectivity index (χ4n) is 1.96. The molecule has 1 heterocycles. The summed E-state index contributed by atoms with van der Waals surface area (Å²) < 4.78 is 18.6. The summed E-state index contributed by atoms with van der Waals surface area (Å²) in [5, 5.41) is 6.60. The van der Waals surface area contributed by atoms with Crippen LogP contribution in [0.4, 0.5) is 9.52 Å². The minimum absolute atomic E-state index is 0.309. The van der Waals surface area contributed by atoms with E-state index in [4.69, 9.17) is 4.74 Å². The Kier molecular flexibility index (Phi) is 4.63. The molecule has 0 bridgehead atoms. The Morgan fingerprint density at radius 1 is 1.17 bits per heavy atom. The smallest absolute Gasteiger partial charge is 0.203 e. The van der Waals surface area contributed by atoms with Crippen LogP contribution >= 0.6 is 11.3 Å². The Morgan fingerprint density at radius 3 is 2.70 bits per heavy atom. The molecule has 1 N–H and O–H groups in total. The molecule has 0 aliphatic rings. The van der Waals surface area contributed by atoms with Crippen molar-refractivity contribution in [3.63, 3.8) is 0 Å². The summed E-state index contributed by atoms with van der Waals surface area (Å²) in [6.07, 6.45) is 1.43. The Hall–Kier alpha value is -2.73. The van der Waals surface area contributed by atoms with E-state index in [9.17, 15) is 4.39 Å². The molecule has 0 aliphatic carbocycles. The normalized spacial score (nSPS) is 10.9. The van der Waals surface area contributed by atoms with Gasteiger partial charge in [-0.25, -0.2) is 9.37 Å². The van der Waals surface area contributed by atoms with E-state index in [1.54, 1.807) is 25.3 Å². The predicted molar refractivity (Wildman–Crippen MR) is 91.7 cm³/mol. The molecule has 4 nitrogen and oxygen atoms in total. The lowest BCUT2D eigenvalue weighted by molar-refractivity contribution is 0.415. The first-order chi connectivity index (χ1) is 11.3. The number of rotatable bonds is 5. The predicted octanol–water partition coefficient (Wildman–Crippen LogP) is 4.40. The van der Waals surface area contributed by atoms with Crippen molar-refractivity contribution >= 4 is 22.7 Å². The number of nitrogens with zero attached hydrogens (tertiary/aromatic N) is 2. The van der Waals surface area contributed by atoms with Crippen LogP contribution in [0.2, 0.25) is 0 Å². The van der Waals surface area contributed by atoms with Gasteiger partial charge in [-0.3, -0.25) is 5.43 Å². The number of ether oxygens (including phenoxy) is 1. The SMILES string of the molecule is COc1ccc(-c2csc(NN=Cc3ccccc3F)n2)cc1. The van der Waals surface area contributed by atoms with E-state index in [-0.39, 0.29) is 5.82 Å². The average Bonchev–Trinajstić information content (AvgIpc) is 3.06. The lowest BCUT2D eigenvalue weighted by Crippen LogP contribution is -1.92. The molecule has 116 valence electrons. The summed E-state index contributed by atoms with van der Waals surface area (Å²) in [5.41, 5.74) is 5.08. The summed E-state index contributed by atoms with van der Waals surface area (Å²) in [6.45, 7) is 0. The molecule has 0 amide bonds. The number of methoxy groups -OCH3 is 1. The Labute approximate surface area is 137 Å². The first kappa shape index (κ1) is 15.2. The van der Waals surface area contributed by atoms with Gasteiger partial charge in [0.15, 0.2) is 0 Å². The molecule has 0 spiro atoms. The van der Waals surface area contributed by atoms with E-state index >= 15 is 0 Å². The van der Waals surface area contributed by atoms with Gasteiger partial charge >= 0.3 is 0 Å². The number of aromatic nitrogens is 1. The zero-order valence-electron chi connectivity index (χ0n) is 12.4. The fourth-order valence-corrected chi connectivity index (χ4v) is 2.62. The first-order valence-corrected chi connectivity index (χ1v) is 7.78. The van der Waals surface area contributed by atoms with Crippen molar-refractivity contribution in [1.29, 1.82) is 0 Å². The van der Waals surface area contributed by atoms with Crippen LogP contribution in [0.5, 0.6) is 5.75 Å². The standard InChI is InChI=1S/C17H14FN3OS/c1-22-14-8-6-12(7-9-14)16-11-23-17(20-16)21-19-10-13-4-2-3-5-15(13)18/h2-11H,1H3,(H,20,21). The highest BCUT2D eigenvalue weighted by Gasteiger charge is 2.04. The molecular weight excluding hydrogens is 313 g/mol. The molecule has 0 atom stereocenters. The quantitative estimate of drug-likeness (QED) is 0.558. The molecule has 2 aromatic carbocycles. The van der Waals surface area contributed by atoms with Crippen molar-refractivity contribution in [2.75, 3.05) is 12.5 Å². The van der Waals surface area contributed by atoms with Crippen LogP contribution in [-0.4, -0.2) is 18.3 Å². The maximum atomic E-state index is 13.5. The van der Waals surface area contributed by atoms with Crippen molar-refractivity contribution in [3.05, 3.63) is 65.3 Å². The van der Waals surface area contributed by atoms with Gasteiger partial charge in [0, 0.05) is 16.5 Å². The summed E-state index contributed by atoms with van der Waals surface area (Å²) >= 11 is 1.43. The topological polar surface area (TPSA) is 46.5 Å². The van der Waals surface area contributed by atoms with Crippen LogP contribution < -0.4 is 10.2 Å². The van der Waals surface area contributed by atoms with Crippen LogP contribution in [-0.2, 0) is 0 Å². The number of hydrazone groups is 1. The molecule has 3 aromatic rings. The summed E-state index contributed by atoms with van der Waals surface area (Å²) in [4.78, 5) is 4.45. The third-order valence-corrected chi connectivity index (χ3v) is 3.91. The molecular formula is C17H14FN3OS. The van der Waals surface area contributed by atoms with Crippen LogP contribution in [0, 0.1) is 5.82 Å². The van der Waals surface area contributed by atoms with E-state index in [1.165, 1.54) is 23.6 Å². The molecule has 0 saturated carbocycles. The average molecular weight is 327 g/mol. The molecule has 1 aromatic heterocycles. The lowest BCUT2D eigenvalue weighted by atomic mass is 10.2. The van der Waals surface area contributed by atoms with E-state index in [2.05, 4.69) is 15.5 Å². The summed E-state index contributed by atoms with van der Waals surface area (Å²) in [6, 6.07) is 14.1. The van der Waals surface area contributed by atoms with Crippen molar-refractivity contribution in [3.8, 4) is 17.0 Å². The largest absolute Gasteiger partial charge is 0.497 e. The number of nitrogens with one attached hydrogen (secondary N) is 1. The van der Waals surface area contributed by atoms with E-state index in [0.717, 1.165) is 17.0 Å². The summed E-state index contributed by atoms with van der Waals surface area (Å²) in [5.74, 6) is 0.493. The van der Waals surface area contributed by atoms with Crippen LogP contribution in [0.25, 0.3) is 11.3 Å². The minimum Gasteiger partial charge on any atom is -0.497 e. The fraction of sp³-hybridized carbons (Fsp3) is 0.0588. The zero-order valence-corrected chi connectivity index (χ0v) is 13.2. The Balaban J connectivity index is 1.68. The van der Waals surface area contributed by atoms with Crippen LogP contribution in [0.3, 0.4) is 0 Å². The van der Waals surface area contributed by atoms with Gasteiger partial charge in [0.05, 0.1) is 19.0 Å². The molecule has 6 heteroatoms. The third-order valence-electron chi connectivity index (χ3n) is 3.16. The van der Waals surface area contributed by atoms with Crippen molar-refractivity contribution in [2.24, 2.45) is 5.10 Å².